The topological polar surface area (TPSA) is 20.7 Å². The lowest BCUT2D eigenvalue weighted by atomic mass is 9.99. The first-order chi connectivity index (χ1) is 13.8. The Bertz CT molecular complexity index is 1280. The zero-order valence-electron chi connectivity index (χ0n) is 15.4. The van der Waals surface area contributed by atoms with Crippen molar-refractivity contribution in [2.75, 3.05) is 0 Å². The molecule has 138 valence electrons. The van der Waals surface area contributed by atoms with Crippen LogP contribution in [0.5, 0.6) is 0 Å². The van der Waals surface area contributed by atoms with Gasteiger partial charge in [-0.2, -0.15) is 0 Å². The van der Waals surface area contributed by atoms with Gasteiger partial charge in [0.25, 0.3) is 0 Å². The van der Waals surface area contributed by atoms with Crippen molar-refractivity contribution in [3.05, 3.63) is 95.7 Å². The van der Waals surface area contributed by atoms with Crippen molar-refractivity contribution < 1.29 is 0 Å². The van der Waals surface area contributed by atoms with Crippen LogP contribution in [0.1, 0.15) is 16.8 Å². The van der Waals surface area contributed by atoms with Crippen molar-refractivity contribution in [1.82, 2.24) is 8.96 Å². The van der Waals surface area contributed by atoms with Crippen LogP contribution < -0.4 is 0 Å². The third-order valence-electron chi connectivity index (χ3n) is 5.49. The molecule has 5 rings (SSSR count). The first-order valence-electron chi connectivity index (χ1n) is 9.31. The van der Waals surface area contributed by atoms with Crippen molar-refractivity contribution in [3.8, 4) is 11.3 Å². The first-order valence-corrected chi connectivity index (χ1v) is 12.6. The minimum atomic E-state index is 0.894. The van der Waals surface area contributed by atoms with Gasteiger partial charge in [-0.3, -0.25) is 3.97 Å². The van der Waals surface area contributed by atoms with Crippen molar-refractivity contribution in [2.45, 2.75) is 13.3 Å². The number of aryl methyl sites for hydroxylation is 1. The van der Waals surface area contributed by atoms with Crippen LogP contribution in [0.3, 0.4) is 0 Å². The molecule has 1 N–H and O–H groups in total. The normalized spacial score (nSPS) is 11.5. The molecular formula is C24H19IN2S. The van der Waals surface area contributed by atoms with E-state index < -0.39 is 0 Å². The summed E-state index contributed by atoms with van der Waals surface area (Å²) in [4.78, 5) is 3.67. The maximum absolute atomic E-state index is 3.67. The summed E-state index contributed by atoms with van der Waals surface area (Å²) < 4.78 is 2.38. The van der Waals surface area contributed by atoms with Crippen LogP contribution >= 0.6 is 30.3 Å². The fourth-order valence-corrected chi connectivity index (χ4v) is 5.97. The van der Waals surface area contributed by atoms with Gasteiger partial charge >= 0.3 is 0 Å². The number of benzene rings is 3. The Labute approximate surface area is 180 Å². The Morgan fingerprint density at radius 1 is 0.857 bits per heavy atom. The van der Waals surface area contributed by atoms with Crippen LogP contribution in [-0.4, -0.2) is 8.96 Å². The van der Waals surface area contributed by atoms with Gasteiger partial charge < -0.3 is 4.98 Å². The molecule has 0 bridgehead atoms. The molecule has 2 aromatic heterocycles. The maximum atomic E-state index is 3.67. The third-order valence-corrected chi connectivity index (χ3v) is 7.23. The van der Waals surface area contributed by atoms with Gasteiger partial charge in [0.15, 0.2) is 0 Å². The summed E-state index contributed by atoms with van der Waals surface area (Å²) in [6, 6.07) is 28.0. The van der Waals surface area contributed by atoms with Crippen LogP contribution in [0.2, 0.25) is 0 Å². The van der Waals surface area contributed by atoms with Crippen LogP contribution in [0.15, 0.2) is 78.9 Å². The summed E-state index contributed by atoms with van der Waals surface area (Å²) in [6.07, 6.45) is 0.894. The number of hydrogen-bond acceptors (Lipinski definition) is 1. The molecule has 0 atom stereocenters. The van der Waals surface area contributed by atoms with Crippen molar-refractivity contribution in [1.29, 1.82) is 0 Å². The first kappa shape index (κ1) is 17.9. The van der Waals surface area contributed by atoms with E-state index in [1.807, 2.05) is 0 Å². The lowest BCUT2D eigenvalue weighted by molar-refractivity contribution is 1.07. The Morgan fingerprint density at radius 3 is 2.32 bits per heavy atom. The smallest absolute Gasteiger partial charge is 0.0604 e. The lowest BCUT2D eigenvalue weighted by Gasteiger charge is -2.09. The van der Waals surface area contributed by atoms with E-state index in [1.54, 1.807) is 9.12 Å². The molecule has 2 heterocycles. The fourth-order valence-electron chi connectivity index (χ4n) is 4.11. The van der Waals surface area contributed by atoms with E-state index in [1.165, 1.54) is 49.9 Å². The SMILES string of the molecule is Cc1c(Cc2c(-c3ccccc3)[nH]c3ccccc23)n(SI)c2ccccc12. The molecule has 0 unspecified atom stereocenters. The second-order valence-corrected chi connectivity index (χ2v) is 8.70. The summed E-state index contributed by atoms with van der Waals surface area (Å²) in [6.45, 7) is 2.25. The zero-order chi connectivity index (χ0) is 19.1. The highest BCUT2D eigenvalue weighted by atomic mass is 127. The van der Waals surface area contributed by atoms with E-state index in [0.717, 1.165) is 6.42 Å². The van der Waals surface area contributed by atoms with E-state index in [2.05, 4.69) is 116 Å². The Hall–Kier alpha value is -2.18. The number of H-pyrrole nitrogens is 1. The van der Waals surface area contributed by atoms with E-state index >= 15 is 0 Å². The number of para-hydroxylation sites is 2. The van der Waals surface area contributed by atoms with Gasteiger partial charge in [-0.15, -0.1) is 0 Å². The molecule has 4 heteroatoms. The molecule has 0 fully saturated rings. The minimum absolute atomic E-state index is 0.894. The molecular weight excluding hydrogens is 475 g/mol. The highest BCUT2D eigenvalue weighted by Crippen LogP contribution is 2.37. The van der Waals surface area contributed by atoms with Gasteiger partial charge in [0, 0.05) is 58.7 Å². The summed E-state index contributed by atoms with van der Waals surface area (Å²) >= 11 is 2.39. The van der Waals surface area contributed by atoms with Crippen LogP contribution in [0.4, 0.5) is 0 Å². The summed E-state index contributed by atoms with van der Waals surface area (Å²) in [5.41, 5.74) is 9.02. The van der Waals surface area contributed by atoms with Crippen LogP contribution in [-0.2, 0) is 6.42 Å². The number of rotatable bonds is 4. The molecule has 0 amide bonds. The molecule has 0 saturated heterocycles. The predicted molar refractivity (Wildman–Crippen MR) is 130 cm³/mol. The minimum Gasteiger partial charge on any atom is -0.354 e. The van der Waals surface area contributed by atoms with Gasteiger partial charge in [0.1, 0.15) is 0 Å². The largest absolute Gasteiger partial charge is 0.354 e. The predicted octanol–water partition coefficient (Wildman–Crippen LogP) is 7.54. The molecule has 3 aromatic carbocycles. The molecule has 2 nitrogen and oxygen atoms in total. The molecule has 0 aliphatic heterocycles. The Balaban J connectivity index is 1.75. The van der Waals surface area contributed by atoms with Gasteiger partial charge in [0.2, 0.25) is 0 Å². The molecule has 0 saturated carbocycles. The second kappa shape index (κ2) is 7.33. The van der Waals surface area contributed by atoms with Crippen LogP contribution in [0.25, 0.3) is 33.1 Å². The number of halogens is 1. The average Bonchev–Trinajstić information content (AvgIpc) is 3.25. The van der Waals surface area contributed by atoms with E-state index in [9.17, 15) is 0 Å². The highest BCUT2D eigenvalue weighted by molar-refractivity contribution is 14.2. The second-order valence-electron chi connectivity index (χ2n) is 7.02. The van der Waals surface area contributed by atoms with Crippen molar-refractivity contribution in [3.63, 3.8) is 0 Å². The van der Waals surface area contributed by atoms with Gasteiger partial charge in [-0.25, -0.2) is 0 Å². The quantitative estimate of drug-likeness (QED) is 0.256. The summed E-state index contributed by atoms with van der Waals surface area (Å²) in [7, 11) is 1.75. The van der Waals surface area contributed by atoms with Gasteiger partial charge in [-0.05, 0) is 35.7 Å². The molecule has 5 aromatic rings. The number of nitrogens with one attached hydrogen (secondary N) is 1. The summed E-state index contributed by atoms with van der Waals surface area (Å²) in [5.74, 6) is 0. The van der Waals surface area contributed by atoms with Crippen LogP contribution in [0, 0.1) is 6.92 Å². The number of aromatic amines is 1. The fraction of sp³-hybridized carbons (Fsp3) is 0.0833. The molecule has 0 aliphatic carbocycles. The maximum Gasteiger partial charge on any atom is 0.0604 e. The number of aromatic nitrogens is 2. The third kappa shape index (κ3) is 2.86. The molecule has 0 aliphatic rings. The van der Waals surface area contributed by atoms with E-state index in [-0.39, 0.29) is 0 Å². The van der Waals surface area contributed by atoms with Gasteiger partial charge in [-0.1, -0.05) is 66.7 Å². The molecule has 28 heavy (non-hydrogen) atoms. The molecule has 0 spiro atoms. The lowest BCUT2D eigenvalue weighted by Crippen LogP contribution is -1.98. The number of nitrogens with zero attached hydrogens (tertiary/aromatic N) is 1. The van der Waals surface area contributed by atoms with E-state index in [0.29, 0.717) is 0 Å². The Morgan fingerprint density at radius 2 is 1.54 bits per heavy atom. The van der Waals surface area contributed by atoms with Crippen molar-refractivity contribution >= 4 is 52.1 Å². The molecule has 0 radical (unpaired) electrons. The zero-order valence-corrected chi connectivity index (χ0v) is 18.4. The standard InChI is InChI=1S/C24H19IN2S/c1-16-18-11-6-8-14-22(18)27(28-25)23(16)15-20-19-12-5-7-13-21(19)26-24(20)17-9-3-2-4-10-17/h2-14,26H,15H2,1H3. The highest BCUT2D eigenvalue weighted by Gasteiger charge is 2.19. The average molecular weight is 494 g/mol. The van der Waals surface area contributed by atoms with Crippen molar-refractivity contribution in [2.24, 2.45) is 0 Å². The number of hydrogen-bond donors (Lipinski definition) is 1. The summed E-state index contributed by atoms with van der Waals surface area (Å²) in [5, 5.41) is 2.64. The van der Waals surface area contributed by atoms with Gasteiger partial charge in [0.05, 0.1) is 11.2 Å². The monoisotopic (exact) mass is 494 g/mol. The van der Waals surface area contributed by atoms with E-state index in [4.69, 9.17) is 0 Å². The number of fused-ring (bicyclic) bond motifs is 2. The Kier molecular flexibility index (Phi) is 4.69.